The van der Waals surface area contributed by atoms with E-state index in [-0.39, 0.29) is 11.4 Å². The van der Waals surface area contributed by atoms with Gasteiger partial charge in [0.15, 0.2) is 5.60 Å². The minimum absolute atomic E-state index is 0.113. The normalized spacial score (nSPS) is 37.7. The molecule has 3 heteroatoms. The molecule has 0 spiro atoms. The fraction of sp³-hybridized carbons (Fsp3) is 0.609. The van der Waals surface area contributed by atoms with Crippen molar-refractivity contribution in [3.05, 3.63) is 29.3 Å². The van der Waals surface area contributed by atoms with Crippen LogP contribution in [-0.2, 0) is 16.0 Å². The zero-order valence-corrected chi connectivity index (χ0v) is 16.0. The Morgan fingerprint density at radius 3 is 2.77 bits per heavy atom. The number of terminal acetylenes is 1. The van der Waals surface area contributed by atoms with Crippen LogP contribution in [0.2, 0.25) is 0 Å². The van der Waals surface area contributed by atoms with Crippen molar-refractivity contribution in [1.29, 1.82) is 0 Å². The summed E-state index contributed by atoms with van der Waals surface area (Å²) in [7, 11) is 1.73. The van der Waals surface area contributed by atoms with Crippen molar-refractivity contribution in [2.45, 2.75) is 63.9 Å². The van der Waals surface area contributed by atoms with Gasteiger partial charge in [0.2, 0.25) is 0 Å². The van der Waals surface area contributed by atoms with Crippen molar-refractivity contribution >= 4 is 5.97 Å². The monoisotopic (exact) mass is 352 g/mol. The van der Waals surface area contributed by atoms with E-state index in [0.29, 0.717) is 17.8 Å². The molecule has 0 amide bonds. The fourth-order valence-corrected chi connectivity index (χ4v) is 6.36. The average molecular weight is 352 g/mol. The Morgan fingerprint density at radius 2 is 2.08 bits per heavy atom. The van der Waals surface area contributed by atoms with Gasteiger partial charge in [0.1, 0.15) is 5.75 Å². The lowest BCUT2D eigenvalue weighted by molar-refractivity contribution is -0.165. The first kappa shape index (κ1) is 17.5. The molecule has 0 heterocycles. The summed E-state index contributed by atoms with van der Waals surface area (Å²) in [5, 5.41) is 0. The van der Waals surface area contributed by atoms with E-state index in [2.05, 4.69) is 31.0 Å². The zero-order chi connectivity index (χ0) is 18.5. The first-order valence-corrected chi connectivity index (χ1v) is 9.78. The number of aryl methyl sites for hydroxylation is 1. The predicted octanol–water partition coefficient (Wildman–Crippen LogP) is 4.49. The third kappa shape index (κ3) is 2.31. The van der Waals surface area contributed by atoms with Gasteiger partial charge in [-0.3, -0.25) is 4.79 Å². The molecule has 0 bridgehead atoms. The second-order valence-electron chi connectivity index (χ2n) is 8.54. The van der Waals surface area contributed by atoms with E-state index < -0.39 is 5.60 Å². The van der Waals surface area contributed by atoms with Gasteiger partial charge in [-0.25, -0.2) is 0 Å². The van der Waals surface area contributed by atoms with Crippen molar-refractivity contribution in [3.8, 4) is 18.1 Å². The van der Waals surface area contributed by atoms with Crippen LogP contribution in [0.15, 0.2) is 18.2 Å². The van der Waals surface area contributed by atoms with Crippen molar-refractivity contribution in [1.82, 2.24) is 0 Å². The lowest BCUT2D eigenvalue weighted by atomic mass is 9.53. The van der Waals surface area contributed by atoms with Crippen molar-refractivity contribution in [2.24, 2.45) is 17.3 Å². The molecular formula is C23H28O3. The highest BCUT2D eigenvalue weighted by atomic mass is 16.6. The van der Waals surface area contributed by atoms with E-state index in [4.69, 9.17) is 15.9 Å². The Hall–Kier alpha value is -1.95. The van der Waals surface area contributed by atoms with Crippen LogP contribution in [0.3, 0.4) is 0 Å². The fourth-order valence-electron chi connectivity index (χ4n) is 6.36. The maximum absolute atomic E-state index is 11.8. The maximum Gasteiger partial charge on any atom is 0.304 e. The number of benzene rings is 1. The summed E-state index contributed by atoms with van der Waals surface area (Å²) in [4.78, 5) is 11.8. The summed E-state index contributed by atoms with van der Waals surface area (Å²) >= 11 is 0. The van der Waals surface area contributed by atoms with Gasteiger partial charge < -0.3 is 9.47 Å². The third-order valence-corrected chi connectivity index (χ3v) is 7.60. The quantitative estimate of drug-likeness (QED) is 0.581. The first-order chi connectivity index (χ1) is 12.4. The van der Waals surface area contributed by atoms with Gasteiger partial charge in [0.05, 0.1) is 7.11 Å². The Morgan fingerprint density at radius 1 is 1.27 bits per heavy atom. The van der Waals surface area contributed by atoms with Gasteiger partial charge in [-0.05, 0) is 79.5 Å². The van der Waals surface area contributed by atoms with Crippen LogP contribution < -0.4 is 4.74 Å². The molecule has 0 aromatic heterocycles. The molecule has 2 saturated carbocycles. The van der Waals surface area contributed by atoms with Crippen LogP contribution in [0.25, 0.3) is 0 Å². The summed E-state index contributed by atoms with van der Waals surface area (Å²) < 4.78 is 11.2. The molecule has 5 atom stereocenters. The van der Waals surface area contributed by atoms with Crippen LogP contribution in [-0.4, -0.2) is 18.7 Å². The molecule has 4 rings (SSSR count). The third-order valence-electron chi connectivity index (χ3n) is 7.60. The van der Waals surface area contributed by atoms with Crippen LogP contribution >= 0.6 is 0 Å². The van der Waals surface area contributed by atoms with Crippen LogP contribution in [0.4, 0.5) is 0 Å². The number of rotatable bonds is 2. The van der Waals surface area contributed by atoms with Crippen LogP contribution in [0.5, 0.6) is 5.75 Å². The van der Waals surface area contributed by atoms with Crippen molar-refractivity contribution in [3.63, 3.8) is 0 Å². The number of methoxy groups -OCH3 is 1. The summed E-state index contributed by atoms with van der Waals surface area (Å²) in [6.07, 6.45) is 12.2. The van der Waals surface area contributed by atoms with Gasteiger partial charge in [0.25, 0.3) is 0 Å². The summed E-state index contributed by atoms with van der Waals surface area (Å²) in [6.45, 7) is 3.75. The van der Waals surface area contributed by atoms with E-state index in [1.54, 1.807) is 7.11 Å². The molecule has 0 aliphatic heterocycles. The lowest BCUT2D eigenvalue weighted by Gasteiger charge is -2.52. The number of carbonyl (C=O) groups excluding carboxylic acids is 1. The minimum Gasteiger partial charge on any atom is -0.497 e. The molecule has 3 aliphatic carbocycles. The molecule has 1 aromatic carbocycles. The van der Waals surface area contributed by atoms with Crippen molar-refractivity contribution in [2.75, 3.05) is 7.11 Å². The SMILES string of the molecule is C#CC1(OC(C)=O)CC[C@H]2[C@@H]3CCc4cc(OC)ccc4[C@H]3CC[C@@]21C. The van der Waals surface area contributed by atoms with E-state index in [0.717, 1.165) is 37.9 Å². The molecule has 1 aromatic rings. The molecule has 0 radical (unpaired) electrons. The number of ether oxygens (including phenoxy) is 2. The highest BCUT2D eigenvalue weighted by molar-refractivity contribution is 5.67. The van der Waals surface area contributed by atoms with Gasteiger partial charge in [-0.2, -0.15) is 0 Å². The average Bonchev–Trinajstić information content (AvgIpc) is 2.93. The lowest BCUT2D eigenvalue weighted by Crippen LogP contribution is -2.52. The van der Waals surface area contributed by atoms with Gasteiger partial charge in [-0.15, -0.1) is 6.42 Å². The van der Waals surface area contributed by atoms with E-state index >= 15 is 0 Å². The van der Waals surface area contributed by atoms with E-state index in [1.807, 2.05) is 0 Å². The highest BCUT2D eigenvalue weighted by Gasteiger charge is 2.63. The molecule has 0 N–H and O–H groups in total. The van der Waals surface area contributed by atoms with Gasteiger partial charge in [-0.1, -0.05) is 18.9 Å². The van der Waals surface area contributed by atoms with Crippen molar-refractivity contribution < 1.29 is 14.3 Å². The number of fused-ring (bicyclic) bond motifs is 5. The number of hydrogen-bond donors (Lipinski definition) is 0. The Balaban J connectivity index is 1.68. The number of hydrogen-bond acceptors (Lipinski definition) is 3. The molecule has 1 unspecified atom stereocenters. The second kappa shape index (κ2) is 6.05. The molecule has 0 saturated heterocycles. The maximum atomic E-state index is 11.8. The summed E-state index contributed by atoms with van der Waals surface area (Å²) in [5.41, 5.74) is 2.10. The minimum atomic E-state index is -0.728. The van der Waals surface area contributed by atoms with E-state index in [1.165, 1.54) is 24.5 Å². The first-order valence-electron chi connectivity index (χ1n) is 9.78. The molecule has 2 fully saturated rings. The van der Waals surface area contributed by atoms with Crippen LogP contribution in [0, 0.1) is 29.6 Å². The number of carbonyl (C=O) groups is 1. The zero-order valence-electron chi connectivity index (χ0n) is 16.0. The molecule has 3 nitrogen and oxygen atoms in total. The summed E-state index contributed by atoms with van der Waals surface area (Å²) in [5.74, 6) is 5.35. The second-order valence-corrected chi connectivity index (χ2v) is 8.54. The highest BCUT2D eigenvalue weighted by Crippen LogP contribution is 2.65. The Bertz CT molecular complexity index is 776. The van der Waals surface area contributed by atoms with Gasteiger partial charge in [0, 0.05) is 12.3 Å². The topological polar surface area (TPSA) is 35.5 Å². The standard InChI is InChI=1S/C23H28O3/c1-5-23(26-15(2)24)13-11-21-20-8-6-16-14-17(25-4)7-9-18(16)19(20)10-12-22(21,23)3/h1,7,9,14,19-21H,6,8,10-13H2,2-4H3/t19-,20-,21+,22+,23?/m1/s1. The summed E-state index contributed by atoms with van der Waals surface area (Å²) in [6, 6.07) is 6.57. The Labute approximate surface area is 156 Å². The van der Waals surface area contributed by atoms with E-state index in [9.17, 15) is 4.79 Å². The predicted molar refractivity (Wildman–Crippen MR) is 101 cm³/mol. The molecule has 3 aliphatic rings. The van der Waals surface area contributed by atoms with Crippen LogP contribution in [0.1, 0.15) is 63.0 Å². The molecule has 138 valence electrons. The number of esters is 1. The Kier molecular flexibility index (Phi) is 4.06. The largest absolute Gasteiger partial charge is 0.497 e. The smallest absolute Gasteiger partial charge is 0.304 e. The van der Waals surface area contributed by atoms with Gasteiger partial charge >= 0.3 is 5.97 Å². The molecule has 26 heavy (non-hydrogen) atoms. The molecular weight excluding hydrogens is 324 g/mol.